The van der Waals surface area contributed by atoms with Crippen molar-refractivity contribution in [1.29, 1.82) is 5.26 Å². The van der Waals surface area contributed by atoms with Crippen molar-refractivity contribution in [2.45, 2.75) is 6.92 Å². The fraction of sp³-hybridized carbons (Fsp3) is 0.0833. The number of hydrogen-bond donors (Lipinski definition) is 0. The summed E-state index contributed by atoms with van der Waals surface area (Å²) in [5, 5.41) is 26.6. The first-order chi connectivity index (χ1) is 9.52. The van der Waals surface area contributed by atoms with Gasteiger partial charge in [0, 0.05) is 5.56 Å². The topological polar surface area (TPSA) is 102 Å². The molecule has 0 amide bonds. The number of aryl methyl sites for hydroxylation is 1. The van der Waals surface area contributed by atoms with Crippen molar-refractivity contribution in [2.24, 2.45) is 0 Å². The van der Waals surface area contributed by atoms with Crippen LogP contribution < -0.4 is 4.74 Å². The molecule has 0 aliphatic heterocycles. The molecule has 2 aromatic rings. The van der Waals surface area contributed by atoms with Crippen LogP contribution in [0.5, 0.6) is 11.6 Å². The Balaban J connectivity index is 2.43. The molecule has 0 saturated heterocycles. The SMILES string of the molecule is Cc1cc(Oc2nnccc2C#N)c(F)cc1[N+](=O)[O-]. The van der Waals surface area contributed by atoms with E-state index in [4.69, 9.17) is 10.00 Å². The molecule has 0 aliphatic carbocycles. The van der Waals surface area contributed by atoms with E-state index >= 15 is 0 Å². The second kappa shape index (κ2) is 5.27. The van der Waals surface area contributed by atoms with Gasteiger partial charge >= 0.3 is 0 Å². The van der Waals surface area contributed by atoms with E-state index in [1.807, 2.05) is 6.07 Å². The Hall–Kier alpha value is -3.08. The van der Waals surface area contributed by atoms with Gasteiger partial charge in [0.15, 0.2) is 11.6 Å². The number of rotatable bonds is 3. The highest BCUT2D eigenvalue weighted by Crippen LogP contribution is 2.30. The Bertz CT molecular complexity index is 727. The lowest BCUT2D eigenvalue weighted by Gasteiger charge is -2.07. The molecule has 0 spiro atoms. The zero-order valence-corrected chi connectivity index (χ0v) is 10.2. The average molecular weight is 274 g/mol. The Labute approximate surface area is 112 Å². The van der Waals surface area contributed by atoms with E-state index in [2.05, 4.69) is 10.2 Å². The first-order valence-electron chi connectivity index (χ1n) is 5.37. The number of nitrogens with zero attached hydrogens (tertiary/aromatic N) is 4. The van der Waals surface area contributed by atoms with Crippen molar-refractivity contribution in [3.05, 3.63) is 51.5 Å². The summed E-state index contributed by atoms with van der Waals surface area (Å²) in [4.78, 5) is 9.99. The summed E-state index contributed by atoms with van der Waals surface area (Å²) in [5.41, 5.74) is -0.0429. The zero-order chi connectivity index (χ0) is 14.7. The number of nitro benzene ring substituents is 1. The highest BCUT2D eigenvalue weighted by atomic mass is 19.1. The summed E-state index contributed by atoms with van der Waals surface area (Å²) in [6.07, 6.45) is 1.29. The van der Waals surface area contributed by atoms with E-state index in [1.54, 1.807) is 0 Å². The second-order valence-electron chi connectivity index (χ2n) is 3.79. The molecule has 100 valence electrons. The van der Waals surface area contributed by atoms with Gasteiger partial charge in [-0.15, -0.1) is 5.10 Å². The highest BCUT2D eigenvalue weighted by Gasteiger charge is 2.18. The van der Waals surface area contributed by atoms with Crippen molar-refractivity contribution in [3.63, 3.8) is 0 Å². The standard InChI is InChI=1S/C12H7FN4O3/c1-7-4-11(9(13)5-10(7)17(18)19)20-12-8(6-14)2-3-15-16-12/h2-5H,1H3. The molecule has 0 unspecified atom stereocenters. The molecule has 0 atom stereocenters. The van der Waals surface area contributed by atoms with Gasteiger partial charge < -0.3 is 4.74 Å². The molecule has 0 fully saturated rings. The van der Waals surface area contributed by atoms with Gasteiger partial charge in [0.2, 0.25) is 0 Å². The van der Waals surface area contributed by atoms with Crippen LogP contribution in [-0.2, 0) is 0 Å². The smallest absolute Gasteiger partial charge is 0.275 e. The van der Waals surface area contributed by atoms with Crippen molar-refractivity contribution in [2.75, 3.05) is 0 Å². The number of aromatic nitrogens is 2. The summed E-state index contributed by atoms with van der Waals surface area (Å²) in [7, 11) is 0. The lowest BCUT2D eigenvalue weighted by atomic mass is 10.2. The van der Waals surface area contributed by atoms with Crippen molar-refractivity contribution in [1.82, 2.24) is 10.2 Å². The number of ether oxygens (including phenoxy) is 1. The second-order valence-corrected chi connectivity index (χ2v) is 3.79. The predicted octanol–water partition coefficient (Wildman–Crippen LogP) is 2.50. The van der Waals surface area contributed by atoms with E-state index in [1.165, 1.54) is 25.3 Å². The molecule has 0 bridgehead atoms. The normalized spacial score (nSPS) is 9.85. The molecule has 0 aliphatic rings. The minimum Gasteiger partial charge on any atom is -0.433 e. The summed E-state index contributed by atoms with van der Waals surface area (Å²) in [6, 6.07) is 5.11. The zero-order valence-electron chi connectivity index (χ0n) is 10.2. The molecule has 0 saturated carbocycles. The number of nitriles is 1. The van der Waals surface area contributed by atoms with Crippen LogP contribution in [0.25, 0.3) is 0 Å². The predicted molar refractivity (Wildman–Crippen MR) is 64.6 cm³/mol. The molecule has 8 heteroatoms. The van der Waals surface area contributed by atoms with E-state index in [0.29, 0.717) is 0 Å². The first-order valence-corrected chi connectivity index (χ1v) is 5.37. The van der Waals surface area contributed by atoms with Crippen LogP contribution in [0.4, 0.5) is 10.1 Å². The Morgan fingerprint density at radius 1 is 1.50 bits per heavy atom. The lowest BCUT2D eigenvalue weighted by molar-refractivity contribution is -0.385. The van der Waals surface area contributed by atoms with E-state index in [0.717, 1.165) is 6.07 Å². The minimum atomic E-state index is -0.920. The van der Waals surface area contributed by atoms with Gasteiger partial charge in [-0.25, -0.2) is 4.39 Å². The Morgan fingerprint density at radius 3 is 2.90 bits per heavy atom. The van der Waals surface area contributed by atoms with Crippen LogP contribution in [0.1, 0.15) is 11.1 Å². The van der Waals surface area contributed by atoms with Gasteiger partial charge in [-0.1, -0.05) is 0 Å². The largest absolute Gasteiger partial charge is 0.433 e. The number of benzene rings is 1. The molecule has 2 rings (SSSR count). The van der Waals surface area contributed by atoms with E-state index < -0.39 is 10.7 Å². The summed E-state index contributed by atoms with van der Waals surface area (Å²) >= 11 is 0. The lowest BCUT2D eigenvalue weighted by Crippen LogP contribution is -1.98. The van der Waals surface area contributed by atoms with Crippen LogP contribution >= 0.6 is 0 Å². The van der Waals surface area contributed by atoms with Crippen molar-refractivity contribution >= 4 is 5.69 Å². The molecular formula is C12H7FN4O3. The van der Waals surface area contributed by atoms with Crippen LogP contribution in [-0.4, -0.2) is 15.1 Å². The van der Waals surface area contributed by atoms with Gasteiger partial charge in [0.25, 0.3) is 11.6 Å². The molecule has 20 heavy (non-hydrogen) atoms. The van der Waals surface area contributed by atoms with Crippen molar-refractivity contribution in [3.8, 4) is 17.7 Å². The molecule has 1 aromatic carbocycles. The monoisotopic (exact) mass is 274 g/mol. The third-order valence-electron chi connectivity index (χ3n) is 2.46. The van der Waals surface area contributed by atoms with Gasteiger partial charge in [-0.2, -0.15) is 10.4 Å². The fourth-order valence-electron chi connectivity index (χ4n) is 1.50. The average Bonchev–Trinajstić information content (AvgIpc) is 2.42. The number of halogens is 1. The maximum atomic E-state index is 13.8. The summed E-state index contributed by atoms with van der Waals surface area (Å²) in [5.74, 6) is -1.34. The molecule has 1 aromatic heterocycles. The molecule has 0 radical (unpaired) electrons. The van der Waals surface area contributed by atoms with Gasteiger partial charge in [0.05, 0.1) is 17.2 Å². The van der Waals surface area contributed by atoms with Gasteiger partial charge in [-0.3, -0.25) is 10.1 Å². The van der Waals surface area contributed by atoms with Gasteiger partial charge in [0.1, 0.15) is 11.6 Å². The maximum Gasteiger partial charge on any atom is 0.275 e. The molecule has 0 N–H and O–H groups in total. The number of hydrogen-bond acceptors (Lipinski definition) is 6. The summed E-state index contributed by atoms with van der Waals surface area (Å²) in [6.45, 7) is 1.45. The number of nitro groups is 1. The highest BCUT2D eigenvalue weighted by molar-refractivity contribution is 5.47. The maximum absolute atomic E-state index is 13.8. The molecule has 1 heterocycles. The Morgan fingerprint density at radius 2 is 2.25 bits per heavy atom. The Kier molecular flexibility index (Phi) is 3.52. The fourth-order valence-corrected chi connectivity index (χ4v) is 1.50. The summed E-state index contributed by atoms with van der Waals surface area (Å²) < 4.78 is 18.9. The van der Waals surface area contributed by atoms with E-state index in [-0.39, 0.29) is 28.4 Å². The molecule has 7 nitrogen and oxygen atoms in total. The van der Waals surface area contributed by atoms with Crippen molar-refractivity contribution < 1.29 is 14.1 Å². The third kappa shape index (κ3) is 2.51. The van der Waals surface area contributed by atoms with Gasteiger partial charge in [-0.05, 0) is 19.1 Å². The van der Waals surface area contributed by atoms with Crippen LogP contribution in [0.2, 0.25) is 0 Å². The molecular weight excluding hydrogens is 267 g/mol. The van der Waals surface area contributed by atoms with Crippen LogP contribution in [0.15, 0.2) is 24.4 Å². The minimum absolute atomic E-state index is 0.0791. The van der Waals surface area contributed by atoms with Crippen LogP contribution in [0, 0.1) is 34.2 Å². The first kappa shape index (κ1) is 13.4. The quantitative estimate of drug-likeness (QED) is 0.629. The van der Waals surface area contributed by atoms with E-state index in [9.17, 15) is 14.5 Å². The third-order valence-corrected chi connectivity index (χ3v) is 2.46. The van der Waals surface area contributed by atoms with Crippen LogP contribution in [0.3, 0.4) is 0 Å².